The molecular weight excluding hydrogens is 242 g/mol. The summed E-state index contributed by atoms with van der Waals surface area (Å²) in [5.41, 5.74) is 2.65. The molecule has 0 saturated carbocycles. The van der Waals surface area contributed by atoms with E-state index in [0.717, 1.165) is 11.3 Å². The number of benzene rings is 1. The molecule has 0 aliphatic rings. The number of nitrogens with zero attached hydrogens (tertiary/aromatic N) is 1. The number of aromatic nitrogens is 1. The summed E-state index contributed by atoms with van der Waals surface area (Å²) in [5, 5.41) is 9.34. The topological polar surface area (TPSA) is 51.6 Å². The molecule has 2 rings (SSSR count). The first kappa shape index (κ1) is 13.4. The summed E-state index contributed by atoms with van der Waals surface area (Å²) < 4.78 is 11.0. The van der Waals surface area contributed by atoms with Crippen molar-refractivity contribution in [3.63, 3.8) is 0 Å². The lowest BCUT2D eigenvalue weighted by Gasteiger charge is -2.14. The quantitative estimate of drug-likeness (QED) is 0.896. The molecule has 1 aromatic heterocycles. The van der Waals surface area contributed by atoms with Crippen LogP contribution in [0.25, 0.3) is 0 Å². The predicted molar refractivity (Wildman–Crippen MR) is 72.2 cm³/mol. The number of aryl methyl sites for hydroxylation is 1. The van der Waals surface area contributed by atoms with E-state index in [1.807, 2.05) is 31.2 Å². The van der Waals surface area contributed by atoms with Crippen LogP contribution in [0.1, 0.15) is 16.8 Å². The van der Waals surface area contributed by atoms with Gasteiger partial charge in [0, 0.05) is 11.8 Å². The van der Waals surface area contributed by atoms with Crippen LogP contribution in [0.3, 0.4) is 0 Å². The van der Waals surface area contributed by atoms with Crippen molar-refractivity contribution < 1.29 is 14.6 Å². The van der Waals surface area contributed by atoms with E-state index in [-0.39, 0.29) is 6.61 Å². The van der Waals surface area contributed by atoms with Crippen LogP contribution in [-0.2, 0) is 13.2 Å². The van der Waals surface area contributed by atoms with Gasteiger partial charge in [0.25, 0.3) is 0 Å². The van der Waals surface area contributed by atoms with Crippen LogP contribution < -0.4 is 9.47 Å². The first-order valence-corrected chi connectivity index (χ1v) is 6.06. The average Bonchev–Trinajstić information content (AvgIpc) is 2.46. The minimum atomic E-state index is -0.0895. The van der Waals surface area contributed by atoms with Crippen LogP contribution in [0.4, 0.5) is 0 Å². The van der Waals surface area contributed by atoms with Gasteiger partial charge >= 0.3 is 0 Å². The molecule has 0 fully saturated rings. The Kier molecular flexibility index (Phi) is 4.36. The third kappa shape index (κ3) is 3.03. The number of aliphatic hydroxyl groups excluding tert-OH is 1. The van der Waals surface area contributed by atoms with E-state index in [2.05, 4.69) is 4.98 Å². The second-order valence-electron chi connectivity index (χ2n) is 4.16. The largest absolute Gasteiger partial charge is 0.493 e. The van der Waals surface area contributed by atoms with Gasteiger partial charge in [0.2, 0.25) is 0 Å². The molecule has 1 aromatic carbocycles. The third-order valence-electron chi connectivity index (χ3n) is 2.92. The van der Waals surface area contributed by atoms with Gasteiger partial charge in [0.05, 0.1) is 19.4 Å². The highest BCUT2D eigenvalue weighted by Crippen LogP contribution is 2.31. The van der Waals surface area contributed by atoms with E-state index in [0.29, 0.717) is 23.7 Å². The lowest BCUT2D eigenvalue weighted by atomic mass is 10.2. The number of aliphatic hydroxyl groups is 1. The van der Waals surface area contributed by atoms with Gasteiger partial charge in [-0.3, -0.25) is 4.98 Å². The van der Waals surface area contributed by atoms with E-state index < -0.39 is 0 Å². The summed E-state index contributed by atoms with van der Waals surface area (Å²) in [6.45, 7) is 2.24. The molecule has 0 amide bonds. The maximum Gasteiger partial charge on any atom is 0.167 e. The van der Waals surface area contributed by atoms with Crippen LogP contribution in [-0.4, -0.2) is 17.2 Å². The van der Waals surface area contributed by atoms with Crippen LogP contribution in [0.5, 0.6) is 11.5 Å². The Morgan fingerprint density at radius 3 is 2.74 bits per heavy atom. The minimum Gasteiger partial charge on any atom is -0.493 e. The van der Waals surface area contributed by atoms with Crippen molar-refractivity contribution >= 4 is 0 Å². The molecule has 0 saturated heterocycles. The van der Waals surface area contributed by atoms with Gasteiger partial charge in [-0.15, -0.1) is 0 Å². The molecule has 0 bridgehead atoms. The van der Waals surface area contributed by atoms with Gasteiger partial charge in [0.15, 0.2) is 11.5 Å². The first-order valence-electron chi connectivity index (χ1n) is 6.06. The van der Waals surface area contributed by atoms with Crippen molar-refractivity contribution in [3.8, 4) is 11.5 Å². The highest BCUT2D eigenvalue weighted by molar-refractivity contribution is 5.46. The van der Waals surface area contributed by atoms with E-state index in [9.17, 15) is 5.11 Å². The zero-order valence-corrected chi connectivity index (χ0v) is 11.1. The van der Waals surface area contributed by atoms with Gasteiger partial charge in [-0.2, -0.15) is 0 Å². The summed E-state index contributed by atoms with van der Waals surface area (Å²) in [7, 11) is 1.58. The Bertz CT molecular complexity index is 533. The Morgan fingerprint density at radius 2 is 2.05 bits per heavy atom. The fourth-order valence-corrected chi connectivity index (χ4v) is 1.82. The maximum atomic E-state index is 9.34. The molecule has 1 N–H and O–H groups in total. The van der Waals surface area contributed by atoms with Crippen LogP contribution >= 0.6 is 0 Å². The molecule has 0 unspecified atom stereocenters. The van der Waals surface area contributed by atoms with E-state index in [1.165, 1.54) is 0 Å². The number of hydrogen-bond donors (Lipinski definition) is 1. The molecule has 1 heterocycles. The summed E-state index contributed by atoms with van der Waals surface area (Å²) in [6.07, 6.45) is 1.74. The number of methoxy groups -OCH3 is 1. The molecule has 0 radical (unpaired) electrons. The highest BCUT2D eigenvalue weighted by Gasteiger charge is 2.10. The highest BCUT2D eigenvalue weighted by atomic mass is 16.5. The number of hydrogen-bond acceptors (Lipinski definition) is 4. The average molecular weight is 259 g/mol. The molecule has 4 nitrogen and oxygen atoms in total. The number of pyridine rings is 1. The SMILES string of the molecule is COc1cccc(CO)c1OCc1ncccc1C. The standard InChI is InChI=1S/C15H17NO3/c1-11-5-4-8-16-13(11)10-19-15-12(9-17)6-3-7-14(15)18-2/h3-8,17H,9-10H2,1-2H3. The first-order chi connectivity index (χ1) is 9.26. The van der Waals surface area contributed by atoms with Crippen LogP contribution in [0.2, 0.25) is 0 Å². The lowest BCUT2D eigenvalue weighted by Crippen LogP contribution is -2.04. The van der Waals surface area contributed by atoms with Gasteiger partial charge in [-0.25, -0.2) is 0 Å². The summed E-state index contributed by atoms with van der Waals surface area (Å²) in [6, 6.07) is 9.31. The minimum absolute atomic E-state index is 0.0895. The molecule has 4 heteroatoms. The van der Waals surface area contributed by atoms with Crippen molar-refractivity contribution in [1.29, 1.82) is 0 Å². The number of para-hydroxylation sites is 1. The Morgan fingerprint density at radius 1 is 1.21 bits per heavy atom. The molecule has 0 atom stereocenters. The fraction of sp³-hybridized carbons (Fsp3) is 0.267. The van der Waals surface area contributed by atoms with E-state index >= 15 is 0 Å². The fourth-order valence-electron chi connectivity index (χ4n) is 1.82. The normalized spacial score (nSPS) is 10.3. The van der Waals surface area contributed by atoms with Crippen LogP contribution in [0.15, 0.2) is 36.5 Å². The Labute approximate surface area is 112 Å². The van der Waals surface area contributed by atoms with E-state index in [4.69, 9.17) is 9.47 Å². The van der Waals surface area contributed by atoms with Crippen molar-refractivity contribution in [1.82, 2.24) is 4.98 Å². The molecular formula is C15H17NO3. The second kappa shape index (κ2) is 6.20. The smallest absolute Gasteiger partial charge is 0.167 e. The maximum absolute atomic E-state index is 9.34. The third-order valence-corrected chi connectivity index (χ3v) is 2.92. The van der Waals surface area contributed by atoms with Gasteiger partial charge in [0.1, 0.15) is 6.61 Å². The van der Waals surface area contributed by atoms with Crippen molar-refractivity contribution in [2.45, 2.75) is 20.1 Å². The van der Waals surface area contributed by atoms with Gasteiger partial charge in [-0.05, 0) is 24.6 Å². The van der Waals surface area contributed by atoms with E-state index in [1.54, 1.807) is 19.4 Å². The monoisotopic (exact) mass is 259 g/mol. The van der Waals surface area contributed by atoms with Crippen LogP contribution in [0, 0.1) is 6.92 Å². The van der Waals surface area contributed by atoms with Crippen molar-refractivity contribution in [3.05, 3.63) is 53.3 Å². The number of ether oxygens (including phenoxy) is 2. The molecule has 100 valence electrons. The van der Waals surface area contributed by atoms with Crippen molar-refractivity contribution in [2.75, 3.05) is 7.11 Å². The van der Waals surface area contributed by atoms with Gasteiger partial charge in [-0.1, -0.05) is 18.2 Å². The lowest BCUT2D eigenvalue weighted by molar-refractivity contribution is 0.248. The summed E-state index contributed by atoms with van der Waals surface area (Å²) >= 11 is 0. The molecule has 0 spiro atoms. The predicted octanol–water partition coefficient (Wildman–Crippen LogP) is 2.47. The molecule has 2 aromatic rings. The van der Waals surface area contributed by atoms with Crippen molar-refractivity contribution in [2.24, 2.45) is 0 Å². The zero-order chi connectivity index (χ0) is 13.7. The summed E-state index contributed by atoms with van der Waals surface area (Å²) in [4.78, 5) is 4.28. The molecule has 0 aliphatic heterocycles. The zero-order valence-electron chi connectivity index (χ0n) is 11.1. The second-order valence-corrected chi connectivity index (χ2v) is 4.16. The summed E-state index contributed by atoms with van der Waals surface area (Å²) in [5.74, 6) is 1.18. The molecule has 19 heavy (non-hydrogen) atoms. The van der Waals surface area contributed by atoms with Gasteiger partial charge < -0.3 is 14.6 Å². The molecule has 0 aliphatic carbocycles. The number of rotatable bonds is 5. The Hall–Kier alpha value is -2.07. The Balaban J connectivity index is 2.21.